The molecule has 0 bridgehead atoms. The van der Waals surface area contributed by atoms with Crippen LogP contribution in [0.5, 0.6) is 0 Å². The van der Waals surface area contributed by atoms with Gasteiger partial charge in [0.2, 0.25) is 0 Å². The zero-order chi connectivity index (χ0) is 15.4. The van der Waals surface area contributed by atoms with Crippen molar-refractivity contribution in [3.05, 3.63) is 24.3 Å². The Bertz CT molecular complexity index is 374. The van der Waals surface area contributed by atoms with Gasteiger partial charge < -0.3 is 19.7 Å². The molecule has 0 aromatic rings. The van der Waals surface area contributed by atoms with Crippen LogP contribution in [-0.2, 0) is 19.1 Å². The summed E-state index contributed by atoms with van der Waals surface area (Å²) in [5.74, 6) is -4.47. The Hall–Kier alpha value is -1.66. The van der Waals surface area contributed by atoms with Gasteiger partial charge in [-0.2, -0.15) is 0 Å². The summed E-state index contributed by atoms with van der Waals surface area (Å²) >= 11 is 0. The highest BCUT2D eigenvalue weighted by Crippen LogP contribution is 2.25. The van der Waals surface area contributed by atoms with Gasteiger partial charge in [-0.3, -0.25) is 0 Å². The highest BCUT2D eigenvalue weighted by molar-refractivity contribution is 5.88. The number of carbonyl (C=O) groups is 2. The summed E-state index contributed by atoms with van der Waals surface area (Å²) in [6.07, 6.45) is -0.516. The minimum atomic E-state index is -2.58. The van der Waals surface area contributed by atoms with E-state index in [1.54, 1.807) is 0 Å². The van der Waals surface area contributed by atoms with Gasteiger partial charge in [-0.15, -0.1) is 0 Å². The maximum atomic E-state index is 11.4. The van der Waals surface area contributed by atoms with Gasteiger partial charge in [-0.05, 0) is 27.7 Å². The summed E-state index contributed by atoms with van der Waals surface area (Å²) in [5, 5.41) is 19.7. The fraction of sp³-hybridized carbons (Fsp3) is 0.538. The van der Waals surface area contributed by atoms with Crippen LogP contribution in [0.3, 0.4) is 0 Å². The summed E-state index contributed by atoms with van der Waals surface area (Å²) in [6.45, 7) is 12.1. The van der Waals surface area contributed by atoms with Gasteiger partial charge in [0.25, 0.3) is 0 Å². The molecule has 0 rings (SSSR count). The van der Waals surface area contributed by atoms with Crippen LogP contribution in [0.15, 0.2) is 24.3 Å². The molecule has 0 radical (unpaired) electrons. The molecular weight excluding hydrogens is 252 g/mol. The monoisotopic (exact) mass is 272 g/mol. The third-order valence-electron chi connectivity index (χ3n) is 1.86. The van der Waals surface area contributed by atoms with E-state index in [2.05, 4.69) is 22.6 Å². The van der Waals surface area contributed by atoms with Crippen LogP contribution in [0.4, 0.5) is 0 Å². The molecule has 0 spiro atoms. The first-order valence-electron chi connectivity index (χ1n) is 5.59. The quantitative estimate of drug-likeness (QED) is 0.426. The molecule has 0 heterocycles. The SMILES string of the molecule is C=C(C)C(=O)OC(O)(CC(C)(C)O)OC(=O)C(=C)C. The average molecular weight is 272 g/mol. The number of rotatable bonds is 6. The predicted molar refractivity (Wildman–Crippen MR) is 67.7 cm³/mol. The Morgan fingerprint density at radius 1 is 1.00 bits per heavy atom. The van der Waals surface area contributed by atoms with Crippen molar-refractivity contribution in [2.24, 2.45) is 0 Å². The molecule has 19 heavy (non-hydrogen) atoms. The van der Waals surface area contributed by atoms with Gasteiger partial charge in [0.05, 0.1) is 12.0 Å². The van der Waals surface area contributed by atoms with Crippen molar-refractivity contribution in [3.63, 3.8) is 0 Å². The van der Waals surface area contributed by atoms with Gasteiger partial charge in [0.15, 0.2) is 0 Å². The lowest BCUT2D eigenvalue weighted by Crippen LogP contribution is -2.45. The van der Waals surface area contributed by atoms with Crippen molar-refractivity contribution >= 4 is 11.9 Å². The van der Waals surface area contributed by atoms with Crippen LogP contribution in [0.1, 0.15) is 34.1 Å². The van der Waals surface area contributed by atoms with Crippen LogP contribution in [0.2, 0.25) is 0 Å². The van der Waals surface area contributed by atoms with Crippen molar-refractivity contribution in [1.82, 2.24) is 0 Å². The number of aliphatic hydroxyl groups is 2. The van der Waals surface area contributed by atoms with E-state index in [9.17, 15) is 19.8 Å². The molecule has 0 atom stereocenters. The Kier molecular flexibility index (Phi) is 5.46. The third-order valence-corrected chi connectivity index (χ3v) is 1.86. The molecule has 0 unspecified atom stereocenters. The zero-order valence-corrected chi connectivity index (χ0v) is 11.6. The van der Waals surface area contributed by atoms with E-state index in [1.807, 2.05) is 0 Å². The number of ether oxygens (including phenoxy) is 2. The molecule has 0 saturated carbocycles. The normalized spacial score (nSPS) is 11.7. The molecule has 0 aliphatic carbocycles. The van der Waals surface area contributed by atoms with Crippen LogP contribution < -0.4 is 0 Å². The minimum absolute atomic E-state index is 0.0144. The fourth-order valence-corrected chi connectivity index (χ4v) is 1.10. The van der Waals surface area contributed by atoms with Gasteiger partial charge in [-0.1, -0.05) is 13.2 Å². The van der Waals surface area contributed by atoms with Crippen molar-refractivity contribution in [1.29, 1.82) is 0 Å². The summed E-state index contributed by atoms with van der Waals surface area (Å²) in [5.41, 5.74) is -1.40. The second kappa shape index (κ2) is 5.99. The maximum absolute atomic E-state index is 11.4. The van der Waals surface area contributed by atoms with Crippen molar-refractivity contribution < 1.29 is 29.3 Å². The standard InChI is InChI=1S/C13H20O6/c1-8(2)10(14)18-13(17,7-12(5,6)16)19-11(15)9(3)4/h16-17H,1,3,7H2,2,4-6H3. The van der Waals surface area contributed by atoms with Gasteiger partial charge in [0, 0.05) is 11.1 Å². The molecule has 0 aromatic carbocycles. The van der Waals surface area contributed by atoms with E-state index < -0.39 is 29.9 Å². The Labute approximate surface area is 112 Å². The first-order valence-corrected chi connectivity index (χ1v) is 5.59. The molecule has 0 aliphatic rings. The molecule has 6 heteroatoms. The number of hydrogen-bond acceptors (Lipinski definition) is 6. The molecule has 0 amide bonds. The topological polar surface area (TPSA) is 93.1 Å². The highest BCUT2D eigenvalue weighted by atomic mass is 16.8. The van der Waals surface area contributed by atoms with Gasteiger partial charge in [-0.25, -0.2) is 9.59 Å². The second-order valence-electron chi connectivity index (χ2n) is 5.04. The van der Waals surface area contributed by atoms with Crippen molar-refractivity contribution in [2.45, 2.75) is 45.7 Å². The van der Waals surface area contributed by atoms with Crippen molar-refractivity contribution in [3.8, 4) is 0 Å². The molecule has 0 saturated heterocycles. The summed E-state index contributed by atoms with van der Waals surface area (Å²) in [7, 11) is 0. The van der Waals surface area contributed by atoms with Crippen molar-refractivity contribution in [2.75, 3.05) is 0 Å². The first kappa shape index (κ1) is 17.3. The van der Waals surface area contributed by atoms with E-state index in [-0.39, 0.29) is 11.1 Å². The maximum Gasteiger partial charge on any atom is 0.376 e. The second-order valence-corrected chi connectivity index (χ2v) is 5.04. The zero-order valence-electron chi connectivity index (χ0n) is 11.6. The highest BCUT2D eigenvalue weighted by Gasteiger charge is 2.42. The summed E-state index contributed by atoms with van der Waals surface area (Å²) < 4.78 is 9.34. The summed E-state index contributed by atoms with van der Waals surface area (Å²) in [6, 6.07) is 0. The average Bonchev–Trinajstić information content (AvgIpc) is 2.12. The lowest BCUT2D eigenvalue weighted by Gasteiger charge is -2.31. The molecule has 6 nitrogen and oxygen atoms in total. The summed E-state index contributed by atoms with van der Waals surface area (Å²) in [4.78, 5) is 22.8. The molecule has 0 fully saturated rings. The lowest BCUT2D eigenvalue weighted by atomic mass is 10.0. The van der Waals surface area contributed by atoms with E-state index in [1.165, 1.54) is 27.7 Å². The first-order chi connectivity index (χ1) is 8.36. The lowest BCUT2D eigenvalue weighted by molar-refractivity contribution is -0.336. The Morgan fingerprint density at radius 3 is 1.53 bits per heavy atom. The third kappa shape index (κ3) is 6.73. The van der Waals surface area contributed by atoms with Crippen LogP contribution in [0.25, 0.3) is 0 Å². The van der Waals surface area contributed by atoms with E-state index >= 15 is 0 Å². The van der Waals surface area contributed by atoms with Gasteiger partial charge in [0.1, 0.15) is 0 Å². The fourth-order valence-electron chi connectivity index (χ4n) is 1.10. The molecule has 108 valence electrons. The molecule has 0 aliphatic heterocycles. The molecule has 2 N–H and O–H groups in total. The van der Waals surface area contributed by atoms with Crippen LogP contribution >= 0.6 is 0 Å². The number of carbonyl (C=O) groups excluding carboxylic acids is 2. The van der Waals surface area contributed by atoms with E-state index in [4.69, 9.17) is 0 Å². The Balaban J connectivity index is 5.12. The smallest absolute Gasteiger partial charge is 0.376 e. The molecule has 0 aromatic heterocycles. The molecular formula is C13H20O6. The Morgan fingerprint density at radius 2 is 1.32 bits per heavy atom. The van der Waals surface area contributed by atoms with Crippen LogP contribution in [0, 0.1) is 0 Å². The number of hydrogen-bond donors (Lipinski definition) is 2. The number of esters is 2. The largest absolute Gasteiger partial charge is 0.394 e. The van der Waals surface area contributed by atoms with Gasteiger partial charge >= 0.3 is 17.9 Å². The van der Waals surface area contributed by atoms with E-state index in [0.717, 1.165) is 0 Å². The minimum Gasteiger partial charge on any atom is -0.394 e. The predicted octanol–water partition coefficient (Wildman–Crippen LogP) is 1.03. The van der Waals surface area contributed by atoms with E-state index in [0.29, 0.717) is 0 Å². The van der Waals surface area contributed by atoms with Crippen LogP contribution in [-0.4, -0.2) is 33.7 Å².